The second-order valence-corrected chi connectivity index (χ2v) is 6.27. The van der Waals surface area contributed by atoms with Gasteiger partial charge in [-0.25, -0.2) is 9.97 Å². The normalized spacial score (nSPS) is 10.3. The van der Waals surface area contributed by atoms with E-state index in [-0.39, 0.29) is 12.5 Å². The van der Waals surface area contributed by atoms with E-state index in [0.717, 1.165) is 11.5 Å². The minimum absolute atomic E-state index is 0.237. The third-order valence-corrected chi connectivity index (χ3v) is 3.85. The number of carbonyl (C=O) groups is 1. The van der Waals surface area contributed by atoms with Gasteiger partial charge < -0.3 is 15.0 Å². The molecule has 0 spiro atoms. The number of nitrogens with zero attached hydrogens (tertiary/aromatic N) is 3. The summed E-state index contributed by atoms with van der Waals surface area (Å²) in [4.78, 5) is 23.4. The summed E-state index contributed by atoms with van der Waals surface area (Å²) in [6.07, 6.45) is 0. The maximum absolute atomic E-state index is 12.7. The lowest BCUT2D eigenvalue weighted by atomic mass is 10.2. The lowest BCUT2D eigenvalue weighted by Gasteiger charge is -2.14. The molecule has 2 aromatic carbocycles. The Morgan fingerprint density at radius 3 is 2.48 bits per heavy atom. The van der Waals surface area contributed by atoms with E-state index in [4.69, 9.17) is 4.74 Å². The molecule has 0 saturated carbocycles. The van der Waals surface area contributed by atoms with Crippen LogP contribution in [-0.2, 0) is 6.54 Å². The van der Waals surface area contributed by atoms with Gasteiger partial charge in [-0.05, 0) is 31.2 Å². The summed E-state index contributed by atoms with van der Waals surface area (Å²) in [5, 5.41) is 2.87. The first-order valence-electron chi connectivity index (χ1n) is 8.65. The van der Waals surface area contributed by atoms with Gasteiger partial charge in [0.2, 0.25) is 0 Å². The maximum Gasteiger partial charge on any atom is 0.255 e. The van der Waals surface area contributed by atoms with E-state index in [2.05, 4.69) is 15.3 Å². The summed E-state index contributed by atoms with van der Waals surface area (Å²) >= 11 is 0. The number of hydrogen-bond acceptors (Lipinski definition) is 5. The zero-order valence-corrected chi connectivity index (χ0v) is 15.6. The molecule has 6 nitrogen and oxygen atoms in total. The largest absolute Gasteiger partial charge is 0.457 e. The second kappa shape index (κ2) is 8.31. The molecule has 0 unspecified atom stereocenters. The monoisotopic (exact) mass is 362 g/mol. The van der Waals surface area contributed by atoms with Crippen LogP contribution in [0, 0.1) is 6.92 Å². The molecule has 1 aromatic heterocycles. The van der Waals surface area contributed by atoms with E-state index < -0.39 is 0 Å². The van der Waals surface area contributed by atoms with Gasteiger partial charge in [-0.3, -0.25) is 4.79 Å². The smallest absolute Gasteiger partial charge is 0.255 e. The quantitative estimate of drug-likeness (QED) is 0.726. The molecule has 3 aromatic rings. The zero-order chi connectivity index (χ0) is 19.2. The van der Waals surface area contributed by atoms with Gasteiger partial charge in [0.1, 0.15) is 23.1 Å². The summed E-state index contributed by atoms with van der Waals surface area (Å²) in [6.45, 7) is 2.14. The van der Waals surface area contributed by atoms with Crippen LogP contribution in [0.5, 0.6) is 11.5 Å². The predicted molar refractivity (Wildman–Crippen MR) is 105 cm³/mol. The average Bonchev–Trinajstić information content (AvgIpc) is 2.67. The lowest BCUT2D eigenvalue weighted by molar-refractivity contribution is 0.0947. The van der Waals surface area contributed by atoms with Crippen LogP contribution in [-0.4, -0.2) is 30.0 Å². The van der Waals surface area contributed by atoms with E-state index in [0.29, 0.717) is 22.9 Å². The average molecular weight is 362 g/mol. The molecular formula is C21H22N4O2. The highest BCUT2D eigenvalue weighted by atomic mass is 16.5. The van der Waals surface area contributed by atoms with Crippen molar-refractivity contribution in [3.8, 4) is 11.5 Å². The first-order chi connectivity index (χ1) is 13.0. The Morgan fingerprint density at radius 1 is 1.04 bits per heavy atom. The Morgan fingerprint density at radius 2 is 1.74 bits per heavy atom. The van der Waals surface area contributed by atoms with Crippen molar-refractivity contribution in [2.45, 2.75) is 13.5 Å². The van der Waals surface area contributed by atoms with Crippen molar-refractivity contribution in [3.63, 3.8) is 0 Å². The van der Waals surface area contributed by atoms with Gasteiger partial charge in [-0.2, -0.15) is 0 Å². The first kappa shape index (κ1) is 18.4. The van der Waals surface area contributed by atoms with Crippen molar-refractivity contribution >= 4 is 11.7 Å². The molecule has 3 rings (SSSR count). The number of hydrogen-bond donors (Lipinski definition) is 1. The van der Waals surface area contributed by atoms with E-state index in [1.807, 2.05) is 68.4 Å². The SMILES string of the molecule is Cc1cc(N(C)C)nc(CNC(=O)c2ccccc2Oc2ccccc2)n1. The van der Waals surface area contributed by atoms with E-state index >= 15 is 0 Å². The van der Waals surface area contributed by atoms with E-state index in [9.17, 15) is 4.79 Å². The van der Waals surface area contributed by atoms with Crippen LogP contribution in [0.3, 0.4) is 0 Å². The van der Waals surface area contributed by atoms with Gasteiger partial charge in [-0.1, -0.05) is 30.3 Å². The molecule has 0 saturated heterocycles. The number of carbonyl (C=O) groups excluding carboxylic acids is 1. The Hall–Kier alpha value is -3.41. The molecule has 6 heteroatoms. The summed E-state index contributed by atoms with van der Waals surface area (Å²) in [7, 11) is 3.84. The van der Waals surface area contributed by atoms with E-state index in [1.165, 1.54) is 0 Å². The van der Waals surface area contributed by atoms with Gasteiger partial charge in [0, 0.05) is 25.9 Å². The fourth-order valence-electron chi connectivity index (χ4n) is 2.53. The van der Waals surface area contributed by atoms with Crippen molar-refractivity contribution < 1.29 is 9.53 Å². The molecular weight excluding hydrogens is 340 g/mol. The molecule has 1 N–H and O–H groups in total. The summed E-state index contributed by atoms with van der Waals surface area (Å²) < 4.78 is 5.85. The van der Waals surface area contributed by atoms with Gasteiger partial charge >= 0.3 is 0 Å². The number of para-hydroxylation sites is 2. The van der Waals surface area contributed by atoms with Crippen molar-refractivity contribution in [2.75, 3.05) is 19.0 Å². The highest BCUT2D eigenvalue weighted by molar-refractivity contribution is 5.96. The number of benzene rings is 2. The Bertz CT molecular complexity index is 926. The highest BCUT2D eigenvalue weighted by Crippen LogP contribution is 2.25. The molecule has 138 valence electrons. The van der Waals surface area contributed by atoms with Crippen molar-refractivity contribution in [1.82, 2.24) is 15.3 Å². The van der Waals surface area contributed by atoms with Crippen molar-refractivity contribution in [1.29, 1.82) is 0 Å². The molecule has 0 aliphatic carbocycles. The van der Waals surface area contributed by atoms with Crippen LogP contribution in [0.4, 0.5) is 5.82 Å². The van der Waals surface area contributed by atoms with Gasteiger partial charge in [0.15, 0.2) is 0 Å². The topological polar surface area (TPSA) is 67.4 Å². The fourth-order valence-corrected chi connectivity index (χ4v) is 2.53. The van der Waals surface area contributed by atoms with Crippen LogP contribution in [0.2, 0.25) is 0 Å². The summed E-state index contributed by atoms with van der Waals surface area (Å²) in [6, 6.07) is 18.4. The maximum atomic E-state index is 12.7. The first-order valence-corrected chi connectivity index (χ1v) is 8.65. The van der Waals surface area contributed by atoms with Crippen LogP contribution >= 0.6 is 0 Å². The number of nitrogens with one attached hydrogen (secondary N) is 1. The second-order valence-electron chi connectivity index (χ2n) is 6.27. The number of anilines is 1. The van der Waals surface area contributed by atoms with Gasteiger partial charge in [0.05, 0.1) is 12.1 Å². The molecule has 27 heavy (non-hydrogen) atoms. The van der Waals surface area contributed by atoms with Crippen LogP contribution in [0.1, 0.15) is 21.9 Å². The van der Waals surface area contributed by atoms with Crippen LogP contribution in [0.15, 0.2) is 60.7 Å². The van der Waals surface area contributed by atoms with Gasteiger partial charge in [0.25, 0.3) is 5.91 Å². The highest BCUT2D eigenvalue weighted by Gasteiger charge is 2.13. The lowest BCUT2D eigenvalue weighted by Crippen LogP contribution is -2.25. The van der Waals surface area contributed by atoms with Crippen molar-refractivity contribution in [2.24, 2.45) is 0 Å². The Balaban J connectivity index is 1.74. The third kappa shape index (κ3) is 4.82. The molecule has 0 aliphatic heterocycles. The van der Waals surface area contributed by atoms with E-state index in [1.54, 1.807) is 18.2 Å². The Labute approximate surface area is 158 Å². The molecule has 1 amide bonds. The number of aryl methyl sites for hydroxylation is 1. The number of rotatable bonds is 6. The molecule has 0 fully saturated rings. The molecule has 1 heterocycles. The Kier molecular flexibility index (Phi) is 5.66. The van der Waals surface area contributed by atoms with Gasteiger partial charge in [-0.15, -0.1) is 0 Å². The fraction of sp³-hybridized carbons (Fsp3) is 0.190. The van der Waals surface area contributed by atoms with Crippen molar-refractivity contribution in [3.05, 3.63) is 77.7 Å². The predicted octanol–water partition coefficient (Wildman–Crippen LogP) is 3.57. The molecule has 0 atom stereocenters. The number of amides is 1. The third-order valence-electron chi connectivity index (χ3n) is 3.85. The van der Waals surface area contributed by atoms with Crippen LogP contribution in [0.25, 0.3) is 0 Å². The summed E-state index contributed by atoms with van der Waals surface area (Å²) in [5.74, 6) is 2.31. The van der Waals surface area contributed by atoms with Crippen LogP contribution < -0.4 is 15.0 Å². The zero-order valence-electron chi connectivity index (χ0n) is 15.6. The minimum Gasteiger partial charge on any atom is -0.457 e. The summed E-state index contributed by atoms with van der Waals surface area (Å²) in [5.41, 5.74) is 1.31. The molecule has 0 aliphatic rings. The minimum atomic E-state index is -0.238. The molecule has 0 radical (unpaired) electrons. The number of aromatic nitrogens is 2. The molecule has 0 bridgehead atoms. The standard InChI is InChI=1S/C21H22N4O2/c1-15-13-20(25(2)3)24-19(23-15)14-22-21(26)17-11-7-8-12-18(17)27-16-9-5-4-6-10-16/h4-13H,14H2,1-3H3,(H,22,26). The number of ether oxygens (including phenoxy) is 1.